The average Bonchev–Trinajstić information content (AvgIpc) is 2.79. The van der Waals surface area contributed by atoms with E-state index in [9.17, 15) is 8.42 Å². The molecule has 2 aromatic heterocycles. The number of halogens is 1. The lowest BCUT2D eigenvalue weighted by Crippen LogP contribution is -2.10. The molecule has 11 heteroatoms. The lowest BCUT2D eigenvalue weighted by atomic mass is 10.2. The summed E-state index contributed by atoms with van der Waals surface area (Å²) in [4.78, 5) is 8.81. The molecule has 0 radical (unpaired) electrons. The van der Waals surface area contributed by atoms with Crippen LogP contribution >= 0.6 is 15.9 Å². The quantitative estimate of drug-likeness (QED) is 0.534. The standard InChI is InChI=1S/C14H15BrN6O3S/c1-8-17-13(11-12(15)19-21(2)14(11)18-8)16-7-9-3-5-10(6-4-9)20-25(22,23)24/h3-6,20H,7H2,1-2H3,(H,16,17,18)(H,22,23,24). The van der Waals surface area contributed by atoms with E-state index >= 15 is 0 Å². The summed E-state index contributed by atoms with van der Waals surface area (Å²) in [6.45, 7) is 2.28. The Labute approximate surface area is 152 Å². The Kier molecular flexibility index (Phi) is 4.62. The van der Waals surface area contributed by atoms with Gasteiger partial charge in [0.15, 0.2) is 5.65 Å². The van der Waals surface area contributed by atoms with Crippen LogP contribution < -0.4 is 10.0 Å². The Morgan fingerprint density at radius 2 is 1.92 bits per heavy atom. The first kappa shape index (κ1) is 17.6. The molecule has 0 atom stereocenters. The molecule has 0 amide bonds. The van der Waals surface area contributed by atoms with Crippen LogP contribution in [0, 0.1) is 6.92 Å². The Morgan fingerprint density at radius 3 is 2.56 bits per heavy atom. The first-order chi connectivity index (χ1) is 11.7. The molecule has 0 fully saturated rings. The van der Waals surface area contributed by atoms with Crippen LogP contribution in [0.3, 0.4) is 0 Å². The first-order valence-electron chi connectivity index (χ1n) is 7.18. The Hall–Kier alpha value is -2.24. The number of benzene rings is 1. The summed E-state index contributed by atoms with van der Waals surface area (Å²) >= 11 is 3.42. The van der Waals surface area contributed by atoms with Gasteiger partial charge in [0.2, 0.25) is 0 Å². The third-order valence-corrected chi connectivity index (χ3v) is 4.46. The van der Waals surface area contributed by atoms with Crippen molar-refractivity contribution >= 4 is 48.8 Å². The van der Waals surface area contributed by atoms with Gasteiger partial charge in [-0.05, 0) is 40.5 Å². The SMILES string of the molecule is Cc1nc(NCc2ccc(NS(=O)(=O)O)cc2)c2c(Br)nn(C)c2n1. The fourth-order valence-corrected chi connectivity index (χ4v) is 3.40. The first-order valence-corrected chi connectivity index (χ1v) is 9.41. The van der Waals surface area contributed by atoms with Gasteiger partial charge in [0, 0.05) is 13.6 Å². The molecule has 0 aliphatic carbocycles. The third-order valence-electron chi connectivity index (χ3n) is 3.41. The van der Waals surface area contributed by atoms with Crippen molar-refractivity contribution < 1.29 is 13.0 Å². The molecule has 0 bridgehead atoms. The molecular weight excluding hydrogens is 412 g/mol. The van der Waals surface area contributed by atoms with Gasteiger partial charge in [-0.2, -0.15) is 13.5 Å². The van der Waals surface area contributed by atoms with Gasteiger partial charge >= 0.3 is 10.3 Å². The summed E-state index contributed by atoms with van der Waals surface area (Å²) in [6.07, 6.45) is 0. The van der Waals surface area contributed by atoms with Gasteiger partial charge in [-0.1, -0.05) is 12.1 Å². The van der Waals surface area contributed by atoms with E-state index in [0.29, 0.717) is 22.8 Å². The summed E-state index contributed by atoms with van der Waals surface area (Å²) in [6, 6.07) is 6.60. The van der Waals surface area contributed by atoms with Gasteiger partial charge in [0.05, 0.1) is 11.1 Å². The van der Waals surface area contributed by atoms with Gasteiger partial charge < -0.3 is 5.32 Å². The maximum Gasteiger partial charge on any atom is 0.357 e. The Balaban J connectivity index is 1.81. The van der Waals surface area contributed by atoms with Crippen molar-refractivity contribution in [2.24, 2.45) is 7.05 Å². The number of rotatable bonds is 5. The van der Waals surface area contributed by atoms with E-state index in [1.165, 1.54) is 0 Å². The molecule has 2 heterocycles. The van der Waals surface area contributed by atoms with Crippen molar-refractivity contribution in [1.29, 1.82) is 0 Å². The molecule has 0 spiro atoms. The minimum absolute atomic E-state index is 0.279. The highest BCUT2D eigenvalue weighted by Crippen LogP contribution is 2.28. The maximum atomic E-state index is 10.8. The average molecular weight is 427 g/mol. The van der Waals surface area contributed by atoms with E-state index in [1.807, 2.05) is 11.8 Å². The van der Waals surface area contributed by atoms with Gasteiger partial charge in [0.1, 0.15) is 16.2 Å². The van der Waals surface area contributed by atoms with Crippen LogP contribution in [0.5, 0.6) is 0 Å². The Bertz CT molecular complexity index is 1030. The van der Waals surface area contributed by atoms with E-state index in [2.05, 4.69) is 36.3 Å². The maximum absolute atomic E-state index is 10.8. The zero-order chi connectivity index (χ0) is 18.2. The largest absolute Gasteiger partial charge is 0.365 e. The zero-order valence-corrected chi connectivity index (χ0v) is 15.8. The molecule has 3 N–H and O–H groups in total. The topological polar surface area (TPSA) is 122 Å². The van der Waals surface area contributed by atoms with Crippen LogP contribution in [0.15, 0.2) is 28.9 Å². The van der Waals surface area contributed by atoms with Crippen molar-refractivity contribution in [3.8, 4) is 0 Å². The Morgan fingerprint density at radius 1 is 1.24 bits per heavy atom. The van der Waals surface area contributed by atoms with Gasteiger partial charge in [-0.15, -0.1) is 0 Å². The number of aryl methyl sites for hydroxylation is 2. The zero-order valence-electron chi connectivity index (χ0n) is 13.4. The van der Waals surface area contributed by atoms with Crippen LogP contribution in [0.2, 0.25) is 0 Å². The molecule has 1 aromatic carbocycles. The molecule has 132 valence electrons. The fourth-order valence-electron chi connectivity index (χ4n) is 2.36. The number of hydrogen-bond donors (Lipinski definition) is 3. The number of nitrogens with zero attached hydrogens (tertiary/aromatic N) is 4. The smallest absolute Gasteiger partial charge is 0.357 e. The number of fused-ring (bicyclic) bond motifs is 1. The van der Waals surface area contributed by atoms with E-state index in [-0.39, 0.29) is 5.69 Å². The number of anilines is 2. The highest BCUT2D eigenvalue weighted by molar-refractivity contribution is 9.10. The lowest BCUT2D eigenvalue weighted by molar-refractivity contribution is 0.489. The molecule has 25 heavy (non-hydrogen) atoms. The minimum Gasteiger partial charge on any atom is -0.365 e. The van der Waals surface area contributed by atoms with Crippen LogP contribution in [0.25, 0.3) is 11.0 Å². The van der Waals surface area contributed by atoms with Gasteiger partial charge in [-0.25, -0.2) is 14.6 Å². The molecule has 3 aromatic rings. The van der Waals surface area contributed by atoms with Crippen molar-refractivity contribution in [2.75, 3.05) is 10.0 Å². The summed E-state index contributed by atoms with van der Waals surface area (Å²) in [5.41, 5.74) is 1.90. The molecule has 3 rings (SSSR count). The second-order valence-corrected chi connectivity index (χ2v) is 7.27. The molecule has 9 nitrogen and oxygen atoms in total. The van der Waals surface area contributed by atoms with Crippen molar-refractivity contribution in [3.63, 3.8) is 0 Å². The predicted octanol–water partition coefficient (Wildman–Crippen LogP) is 2.26. The van der Waals surface area contributed by atoms with Crippen LogP contribution in [0.4, 0.5) is 11.5 Å². The van der Waals surface area contributed by atoms with E-state index in [4.69, 9.17) is 4.55 Å². The normalized spacial score (nSPS) is 11.7. The second kappa shape index (κ2) is 6.58. The molecular formula is C14H15BrN6O3S. The fraction of sp³-hybridized carbons (Fsp3) is 0.214. The van der Waals surface area contributed by atoms with Crippen LogP contribution in [-0.4, -0.2) is 32.7 Å². The van der Waals surface area contributed by atoms with Crippen molar-refractivity contribution in [1.82, 2.24) is 19.7 Å². The number of nitrogens with one attached hydrogen (secondary N) is 2. The molecule has 0 unspecified atom stereocenters. The summed E-state index contributed by atoms with van der Waals surface area (Å²) in [5, 5.41) is 8.33. The van der Waals surface area contributed by atoms with Crippen molar-refractivity contribution in [3.05, 3.63) is 40.3 Å². The monoisotopic (exact) mass is 426 g/mol. The lowest BCUT2D eigenvalue weighted by Gasteiger charge is -2.09. The highest BCUT2D eigenvalue weighted by Gasteiger charge is 2.14. The summed E-state index contributed by atoms with van der Waals surface area (Å²) in [7, 11) is -2.46. The van der Waals surface area contributed by atoms with E-state index < -0.39 is 10.3 Å². The summed E-state index contributed by atoms with van der Waals surface area (Å²) < 4.78 is 34.7. The summed E-state index contributed by atoms with van der Waals surface area (Å²) in [5.74, 6) is 1.28. The van der Waals surface area contributed by atoms with E-state index in [0.717, 1.165) is 16.6 Å². The highest BCUT2D eigenvalue weighted by atomic mass is 79.9. The minimum atomic E-state index is -4.27. The molecule has 0 aliphatic heterocycles. The second-order valence-electron chi connectivity index (χ2n) is 5.36. The van der Waals surface area contributed by atoms with Crippen LogP contribution in [0.1, 0.15) is 11.4 Å². The van der Waals surface area contributed by atoms with E-state index in [1.54, 1.807) is 35.9 Å². The molecule has 0 saturated heterocycles. The number of hydrogen-bond acceptors (Lipinski definition) is 6. The van der Waals surface area contributed by atoms with Gasteiger partial charge in [0.25, 0.3) is 0 Å². The third kappa shape index (κ3) is 4.06. The molecule has 0 aliphatic rings. The van der Waals surface area contributed by atoms with Gasteiger partial charge in [-0.3, -0.25) is 9.27 Å². The molecule has 0 saturated carbocycles. The van der Waals surface area contributed by atoms with Crippen molar-refractivity contribution in [2.45, 2.75) is 13.5 Å². The predicted molar refractivity (Wildman–Crippen MR) is 97.7 cm³/mol. The number of aromatic nitrogens is 4. The van der Waals surface area contributed by atoms with Crippen LogP contribution in [-0.2, 0) is 23.9 Å².